The van der Waals surface area contributed by atoms with Crippen LogP contribution in [-0.2, 0) is 5.54 Å². The molecule has 0 fully saturated rings. The Labute approximate surface area is 130 Å². The first kappa shape index (κ1) is 17.7. The lowest BCUT2D eigenvalue weighted by Crippen LogP contribution is -2.44. The van der Waals surface area contributed by atoms with Crippen molar-refractivity contribution in [2.75, 3.05) is 26.2 Å². The molecule has 3 heteroatoms. The van der Waals surface area contributed by atoms with Gasteiger partial charge in [-0.25, -0.2) is 0 Å². The van der Waals surface area contributed by atoms with Gasteiger partial charge in [0.2, 0.25) is 0 Å². The van der Waals surface area contributed by atoms with E-state index in [1.165, 1.54) is 0 Å². The van der Waals surface area contributed by atoms with Gasteiger partial charge in [-0.15, -0.1) is 0 Å². The summed E-state index contributed by atoms with van der Waals surface area (Å²) in [5.41, 5.74) is 0.482. The summed E-state index contributed by atoms with van der Waals surface area (Å²) in [7, 11) is 0. The van der Waals surface area contributed by atoms with Crippen LogP contribution in [0.15, 0.2) is 30.3 Å². The maximum absolute atomic E-state index is 9.80. The van der Waals surface area contributed by atoms with Crippen LogP contribution in [0.1, 0.15) is 39.7 Å². The molecule has 0 bridgehead atoms. The molecule has 0 aliphatic heterocycles. The number of nitrogens with zero attached hydrogens (tertiary/aromatic N) is 2. The number of hydrogen-bond acceptors (Lipinski definition) is 3. The van der Waals surface area contributed by atoms with Crippen LogP contribution < -0.4 is 5.32 Å². The van der Waals surface area contributed by atoms with E-state index in [1.54, 1.807) is 0 Å². The average molecular weight is 287 g/mol. The summed E-state index contributed by atoms with van der Waals surface area (Å²) in [4.78, 5) is 2.43. The van der Waals surface area contributed by atoms with Crippen molar-refractivity contribution in [2.24, 2.45) is 5.92 Å². The Morgan fingerprint density at radius 3 is 2.38 bits per heavy atom. The predicted octanol–water partition coefficient (Wildman–Crippen LogP) is 3.38. The Bertz CT molecular complexity index is 436. The highest BCUT2D eigenvalue weighted by molar-refractivity contribution is 5.31. The second kappa shape index (κ2) is 8.81. The number of nitrogens with one attached hydrogen (secondary N) is 1. The largest absolute Gasteiger partial charge is 0.303 e. The van der Waals surface area contributed by atoms with Crippen molar-refractivity contribution in [3.63, 3.8) is 0 Å². The van der Waals surface area contributed by atoms with E-state index in [4.69, 9.17) is 0 Å². The van der Waals surface area contributed by atoms with Crippen molar-refractivity contribution < 1.29 is 0 Å². The molecule has 0 amide bonds. The molecule has 0 radical (unpaired) electrons. The minimum atomic E-state index is -0.583. The van der Waals surface area contributed by atoms with Crippen LogP contribution in [0.4, 0.5) is 0 Å². The number of benzene rings is 1. The van der Waals surface area contributed by atoms with Crippen molar-refractivity contribution in [1.29, 1.82) is 5.26 Å². The van der Waals surface area contributed by atoms with E-state index in [0.29, 0.717) is 5.92 Å². The van der Waals surface area contributed by atoms with Crippen molar-refractivity contribution >= 4 is 0 Å². The van der Waals surface area contributed by atoms with Crippen molar-refractivity contribution in [3.8, 4) is 6.07 Å². The van der Waals surface area contributed by atoms with Crippen LogP contribution in [0.25, 0.3) is 0 Å². The third-order valence-corrected chi connectivity index (χ3v) is 3.81. The zero-order chi connectivity index (χ0) is 15.7. The molecule has 1 atom stereocenters. The topological polar surface area (TPSA) is 39.1 Å². The minimum Gasteiger partial charge on any atom is -0.303 e. The molecule has 1 N–H and O–H groups in total. The molecule has 3 nitrogen and oxygen atoms in total. The highest BCUT2D eigenvalue weighted by Crippen LogP contribution is 2.25. The summed E-state index contributed by atoms with van der Waals surface area (Å²) in [6.45, 7) is 12.6. The van der Waals surface area contributed by atoms with E-state index in [0.717, 1.165) is 38.2 Å². The monoisotopic (exact) mass is 287 g/mol. The normalized spacial score (nSPS) is 14.1. The molecule has 0 aromatic heterocycles. The van der Waals surface area contributed by atoms with Crippen LogP contribution in [0, 0.1) is 17.2 Å². The smallest absolute Gasteiger partial charge is 0.133 e. The first-order valence-electron chi connectivity index (χ1n) is 8.02. The maximum Gasteiger partial charge on any atom is 0.133 e. The highest BCUT2D eigenvalue weighted by Gasteiger charge is 2.31. The van der Waals surface area contributed by atoms with E-state index in [9.17, 15) is 5.26 Å². The number of rotatable bonds is 9. The molecule has 0 spiro atoms. The molecule has 1 aromatic rings. The fourth-order valence-electron chi connectivity index (χ4n) is 2.74. The Kier molecular flexibility index (Phi) is 7.42. The van der Waals surface area contributed by atoms with Crippen molar-refractivity contribution in [2.45, 2.75) is 39.7 Å². The van der Waals surface area contributed by atoms with E-state index < -0.39 is 5.54 Å². The molecular formula is C18H29N3. The Morgan fingerprint density at radius 1 is 1.24 bits per heavy atom. The second-order valence-electron chi connectivity index (χ2n) is 5.95. The number of nitriles is 1. The first-order valence-corrected chi connectivity index (χ1v) is 8.02. The molecule has 21 heavy (non-hydrogen) atoms. The van der Waals surface area contributed by atoms with Crippen LogP contribution >= 0.6 is 0 Å². The van der Waals surface area contributed by atoms with Gasteiger partial charge in [-0.05, 0) is 31.0 Å². The van der Waals surface area contributed by atoms with Crippen LogP contribution in [0.3, 0.4) is 0 Å². The maximum atomic E-state index is 9.80. The fraction of sp³-hybridized carbons (Fsp3) is 0.611. The van der Waals surface area contributed by atoms with Crippen LogP contribution in [0.5, 0.6) is 0 Å². The van der Waals surface area contributed by atoms with Gasteiger partial charge in [-0.3, -0.25) is 5.32 Å². The lowest BCUT2D eigenvalue weighted by molar-refractivity contribution is 0.228. The summed E-state index contributed by atoms with van der Waals surface area (Å²) in [5.74, 6) is 0.650. The summed E-state index contributed by atoms with van der Waals surface area (Å²) in [6, 6.07) is 12.6. The van der Waals surface area contributed by atoms with Gasteiger partial charge in [0.05, 0.1) is 6.07 Å². The zero-order valence-electron chi connectivity index (χ0n) is 13.9. The molecular weight excluding hydrogens is 258 g/mol. The Balaban J connectivity index is 2.86. The number of hydrogen-bond donors (Lipinski definition) is 1. The standard InChI is InChI=1S/C18H29N3/c1-5-20-18(15-19,17-10-8-7-9-11-17)12-13-21(6-2)14-16(3)4/h7-11,16,20H,5-6,12-14H2,1-4H3. The van der Waals surface area contributed by atoms with E-state index in [1.807, 2.05) is 30.3 Å². The summed E-state index contributed by atoms with van der Waals surface area (Å²) < 4.78 is 0. The van der Waals surface area contributed by atoms with Gasteiger partial charge >= 0.3 is 0 Å². The first-order chi connectivity index (χ1) is 10.1. The summed E-state index contributed by atoms with van der Waals surface area (Å²) in [5, 5.41) is 13.2. The predicted molar refractivity (Wildman–Crippen MR) is 89.0 cm³/mol. The summed E-state index contributed by atoms with van der Waals surface area (Å²) >= 11 is 0. The molecule has 0 heterocycles. The molecule has 0 saturated carbocycles. The van der Waals surface area contributed by atoms with Gasteiger partial charge in [0.1, 0.15) is 5.54 Å². The van der Waals surface area contributed by atoms with Crippen LogP contribution in [0.2, 0.25) is 0 Å². The molecule has 1 aromatic carbocycles. The molecule has 0 aliphatic carbocycles. The molecule has 1 rings (SSSR count). The van der Waals surface area contributed by atoms with Gasteiger partial charge in [0.15, 0.2) is 0 Å². The summed E-state index contributed by atoms with van der Waals surface area (Å²) in [6.07, 6.45) is 0.807. The third-order valence-electron chi connectivity index (χ3n) is 3.81. The van der Waals surface area contributed by atoms with Crippen molar-refractivity contribution in [1.82, 2.24) is 10.2 Å². The quantitative estimate of drug-likeness (QED) is 0.757. The van der Waals surface area contributed by atoms with Gasteiger partial charge in [-0.1, -0.05) is 58.0 Å². The Hall–Kier alpha value is -1.37. The second-order valence-corrected chi connectivity index (χ2v) is 5.95. The van der Waals surface area contributed by atoms with Gasteiger partial charge in [0.25, 0.3) is 0 Å². The average Bonchev–Trinajstić information content (AvgIpc) is 2.50. The molecule has 1 unspecified atom stereocenters. The highest BCUT2D eigenvalue weighted by atomic mass is 15.1. The SMILES string of the molecule is CCNC(C#N)(CCN(CC)CC(C)C)c1ccccc1. The van der Waals surface area contributed by atoms with Crippen LogP contribution in [-0.4, -0.2) is 31.1 Å². The van der Waals surface area contributed by atoms with Crippen molar-refractivity contribution in [3.05, 3.63) is 35.9 Å². The van der Waals surface area contributed by atoms with E-state index in [2.05, 4.69) is 44.0 Å². The molecule has 0 saturated heterocycles. The van der Waals surface area contributed by atoms with Gasteiger partial charge in [0, 0.05) is 13.1 Å². The molecule has 0 aliphatic rings. The van der Waals surface area contributed by atoms with E-state index in [-0.39, 0.29) is 0 Å². The lowest BCUT2D eigenvalue weighted by atomic mass is 9.87. The molecule has 116 valence electrons. The lowest BCUT2D eigenvalue weighted by Gasteiger charge is -2.31. The fourth-order valence-corrected chi connectivity index (χ4v) is 2.74. The third kappa shape index (κ3) is 5.15. The van der Waals surface area contributed by atoms with E-state index >= 15 is 0 Å². The zero-order valence-corrected chi connectivity index (χ0v) is 13.9. The minimum absolute atomic E-state index is 0.583. The van der Waals surface area contributed by atoms with Gasteiger partial charge < -0.3 is 4.90 Å². The van der Waals surface area contributed by atoms with Gasteiger partial charge in [-0.2, -0.15) is 5.26 Å². The Morgan fingerprint density at radius 2 is 1.90 bits per heavy atom.